The molecule has 24 heavy (non-hydrogen) atoms. The molecule has 1 aliphatic heterocycles. The van der Waals surface area contributed by atoms with Crippen LogP contribution in [0.25, 0.3) is 0 Å². The Morgan fingerprint density at radius 3 is 2.67 bits per heavy atom. The highest BCUT2D eigenvalue weighted by Gasteiger charge is 2.31. The van der Waals surface area contributed by atoms with E-state index in [9.17, 15) is 18.0 Å². The van der Waals surface area contributed by atoms with Gasteiger partial charge >= 0.3 is 6.36 Å². The lowest BCUT2D eigenvalue weighted by atomic mass is 10.2. The van der Waals surface area contributed by atoms with E-state index in [2.05, 4.69) is 10.1 Å². The van der Waals surface area contributed by atoms with Crippen LogP contribution in [0.15, 0.2) is 24.3 Å². The van der Waals surface area contributed by atoms with Gasteiger partial charge in [-0.05, 0) is 18.9 Å². The number of hydrogen-bond donors (Lipinski definition) is 1. The van der Waals surface area contributed by atoms with E-state index in [-0.39, 0.29) is 30.6 Å². The molecule has 2 rings (SSSR count). The first kappa shape index (κ1) is 20.6. The van der Waals surface area contributed by atoms with Gasteiger partial charge < -0.3 is 15.0 Å². The molecule has 0 bridgehead atoms. The molecule has 4 nitrogen and oxygen atoms in total. The molecule has 8 heteroatoms. The Kier molecular flexibility index (Phi) is 8.35. The van der Waals surface area contributed by atoms with E-state index in [1.54, 1.807) is 12.1 Å². The van der Waals surface area contributed by atoms with Gasteiger partial charge in [-0.1, -0.05) is 24.6 Å². The fourth-order valence-corrected chi connectivity index (χ4v) is 2.59. The quantitative estimate of drug-likeness (QED) is 0.783. The number of carbonyl (C=O) groups is 1. The SMILES string of the molecule is Cl.O=C1CCCCCN1CCNCc1ccccc1OC(F)(F)F. The number of hydrogen-bond acceptors (Lipinski definition) is 3. The van der Waals surface area contributed by atoms with Crippen LogP contribution in [0.5, 0.6) is 5.75 Å². The highest BCUT2D eigenvalue weighted by Crippen LogP contribution is 2.26. The Balaban J connectivity index is 0.00000288. The zero-order valence-electron chi connectivity index (χ0n) is 13.3. The number of carbonyl (C=O) groups excluding carboxylic acids is 1. The maximum Gasteiger partial charge on any atom is 0.573 e. The largest absolute Gasteiger partial charge is 0.573 e. The molecule has 0 radical (unpaired) electrons. The molecule has 1 fully saturated rings. The number of halogens is 4. The molecule has 0 atom stereocenters. The average Bonchev–Trinajstić information content (AvgIpc) is 2.68. The molecule has 0 aliphatic carbocycles. The molecule has 136 valence electrons. The van der Waals surface area contributed by atoms with E-state index >= 15 is 0 Å². The monoisotopic (exact) mass is 366 g/mol. The Labute approximate surface area is 145 Å². The number of alkyl halides is 3. The third-order valence-electron chi connectivity index (χ3n) is 3.74. The van der Waals surface area contributed by atoms with E-state index < -0.39 is 6.36 Å². The van der Waals surface area contributed by atoms with Crippen molar-refractivity contribution in [3.63, 3.8) is 0 Å². The lowest BCUT2D eigenvalue weighted by Gasteiger charge is -2.21. The van der Waals surface area contributed by atoms with Gasteiger partial charge in [0.2, 0.25) is 5.91 Å². The van der Waals surface area contributed by atoms with Crippen molar-refractivity contribution in [2.45, 2.75) is 38.6 Å². The number of rotatable bonds is 6. The van der Waals surface area contributed by atoms with Crippen molar-refractivity contribution in [2.75, 3.05) is 19.6 Å². The predicted octanol–water partition coefficient (Wildman–Crippen LogP) is 3.50. The summed E-state index contributed by atoms with van der Waals surface area (Å²) in [5.41, 5.74) is 0.437. The van der Waals surface area contributed by atoms with E-state index in [4.69, 9.17) is 0 Å². The fraction of sp³-hybridized carbons (Fsp3) is 0.562. The van der Waals surface area contributed by atoms with Crippen LogP contribution in [0.3, 0.4) is 0 Å². The van der Waals surface area contributed by atoms with Crippen LogP contribution in [0.2, 0.25) is 0 Å². The topological polar surface area (TPSA) is 41.6 Å². The Morgan fingerprint density at radius 2 is 1.92 bits per heavy atom. The molecule has 1 N–H and O–H groups in total. The molecule has 1 heterocycles. The number of benzene rings is 1. The molecular weight excluding hydrogens is 345 g/mol. The maximum atomic E-state index is 12.3. The lowest BCUT2D eigenvalue weighted by molar-refractivity contribution is -0.274. The molecule has 0 unspecified atom stereocenters. The summed E-state index contributed by atoms with van der Waals surface area (Å²) in [6.07, 6.45) is -1.10. The number of para-hydroxylation sites is 1. The van der Waals surface area contributed by atoms with Gasteiger partial charge in [0, 0.05) is 38.2 Å². The molecule has 1 aromatic rings. The standard InChI is InChI=1S/C16H21F3N2O2.ClH/c17-16(18,19)23-14-7-4-3-6-13(14)12-20-9-11-21-10-5-1-2-8-15(21)22;/h3-4,6-7,20H,1-2,5,8-12H2;1H. The van der Waals surface area contributed by atoms with Crippen molar-refractivity contribution in [1.82, 2.24) is 10.2 Å². The molecule has 0 saturated carbocycles. The van der Waals surface area contributed by atoms with Crippen molar-refractivity contribution in [3.8, 4) is 5.75 Å². The van der Waals surface area contributed by atoms with E-state index in [1.807, 2.05) is 4.90 Å². The first-order chi connectivity index (χ1) is 11.0. The maximum absolute atomic E-state index is 12.3. The summed E-state index contributed by atoms with van der Waals surface area (Å²) in [5.74, 6) is -0.0385. The first-order valence-electron chi connectivity index (χ1n) is 7.78. The third-order valence-corrected chi connectivity index (χ3v) is 3.74. The lowest BCUT2D eigenvalue weighted by Crippen LogP contribution is -2.36. The summed E-state index contributed by atoms with van der Waals surface area (Å²) in [6.45, 7) is 2.12. The number of nitrogens with zero attached hydrogens (tertiary/aromatic N) is 1. The molecule has 1 aromatic carbocycles. The van der Waals surface area contributed by atoms with Crippen molar-refractivity contribution in [3.05, 3.63) is 29.8 Å². The first-order valence-corrected chi connectivity index (χ1v) is 7.78. The summed E-state index contributed by atoms with van der Waals surface area (Å²) in [7, 11) is 0. The van der Waals surface area contributed by atoms with Crippen LogP contribution >= 0.6 is 12.4 Å². The highest BCUT2D eigenvalue weighted by molar-refractivity contribution is 5.85. The van der Waals surface area contributed by atoms with Crippen LogP contribution < -0.4 is 10.1 Å². The predicted molar refractivity (Wildman–Crippen MR) is 87.1 cm³/mol. The second kappa shape index (κ2) is 9.74. The molecule has 1 aliphatic rings. The molecule has 1 saturated heterocycles. The van der Waals surface area contributed by atoms with Crippen LogP contribution in [0.1, 0.15) is 31.2 Å². The molecule has 1 amide bonds. The zero-order chi connectivity index (χ0) is 16.7. The summed E-state index contributed by atoms with van der Waals surface area (Å²) < 4.78 is 41.1. The van der Waals surface area contributed by atoms with E-state index in [0.29, 0.717) is 25.1 Å². The summed E-state index contributed by atoms with van der Waals surface area (Å²) in [5, 5.41) is 3.07. The van der Waals surface area contributed by atoms with Crippen molar-refractivity contribution >= 4 is 18.3 Å². The second-order valence-corrected chi connectivity index (χ2v) is 5.52. The molecular formula is C16H22ClF3N2O2. The number of ether oxygens (including phenoxy) is 1. The molecule has 0 spiro atoms. The van der Waals surface area contributed by atoms with Gasteiger partial charge in [-0.15, -0.1) is 25.6 Å². The highest BCUT2D eigenvalue weighted by atomic mass is 35.5. The van der Waals surface area contributed by atoms with Crippen LogP contribution in [-0.2, 0) is 11.3 Å². The Bertz CT molecular complexity index is 526. The van der Waals surface area contributed by atoms with E-state index in [1.165, 1.54) is 12.1 Å². The molecule has 0 aromatic heterocycles. The smallest absolute Gasteiger partial charge is 0.405 e. The number of likely N-dealkylation sites (tertiary alicyclic amines) is 1. The van der Waals surface area contributed by atoms with Crippen LogP contribution in [0, 0.1) is 0 Å². The van der Waals surface area contributed by atoms with Crippen molar-refractivity contribution in [2.24, 2.45) is 0 Å². The van der Waals surface area contributed by atoms with Crippen molar-refractivity contribution < 1.29 is 22.7 Å². The Morgan fingerprint density at radius 1 is 1.17 bits per heavy atom. The zero-order valence-corrected chi connectivity index (χ0v) is 14.1. The van der Waals surface area contributed by atoms with Crippen LogP contribution in [-0.4, -0.2) is 36.8 Å². The fourth-order valence-electron chi connectivity index (χ4n) is 2.59. The second-order valence-electron chi connectivity index (χ2n) is 5.52. The van der Waals surface area contributed by atoms with Gasteiger partial charge in [-0.25, -0.2) is 0 Å². The normalized spacial score (nSPS) is 15.6. The van der Waals surface area contributed by atoms with Gasteiger partial charge in [-0.2, -0.15) is 0 Å². The minimum absolute atomic E-state index is 0. The van der Waals surface area contributed by atoms with Gasteiger partial charge in [0.25, 0.3) is 0 Å². The van der Waals surface area contributed by atoms with E-state index in [0.717, 1.165) is 25.8 Å². The number of amides is 1. The van der Waals surface area contributed by atoms with Gasteiger partial charge in [0.1, 0.15) is 5.75 Å². The van der Waals surface area contributed by atoms with Gasteiger partial charge in [-0.3, -0.25) is 4.79 Å². The summed E-state index contributed by atoms with van der Waals surface area (Å²) >= 11 is 0. The number of nitrogens with one attached hydrogen (secondary N) is 1. The summed E-state index contributed by atoms with van der Waals surface area (Å²) in [6, 6.07) is 6.05. The summed E-state index contributed by atoms with van der Waals surface area (Å²) in [4.78, 5) is 13.7. The van der Waals surface area contributed by atoms with Crippen LogP contribution in [0.4, 0.5) is 13.2 Å². The minimum atomic E-state index is -4.70. The third kappa shape index (κ3) is 6.97. The van der Waals surface area contributed by atoms with Gasteiger partial charge in [0.05, 0.1) is 0 Å². The van der Waals surface area contributed by atoms with Gasteiger partial charge in [0.15, 0.2) is 0 Å². The minimum Gasteiger partial charge on any atom is -0.405 e. The van der Waals surface area contributed by atoms with Crippen molar-refractivity contribution in [1.29, 1.82) is 0 Å². The average molecular weight is 367 g/mol. The Hall–Kier alpha value is -1.47.